The molecule has 2 aromatic heterocycles. The highest BCUT2D eigenvalue weighted by Gasteiger charge is 2.10. The first kappa shape index (κ1) is 17.3. The predicted molar refractivity (Wildman–Crippen MR) is 97.7 cm³/mol. The van der Waals surface area contributed by atoms with Crippen molar-refractivity contribution in [1.29, 1.82) is 0 Å². The van der Waals surface area contributed by atoms with Crippen molar-refractivity contribution in [3.05, 3.63) is 77.1 Å². The van der Waals surface area contributed by atoms with Gasteiger partial charge in [-0.3, -0.25) is 0 Å². The predicted octanol–water partition coefficient (Wildman–Crippen LogP) is 3.58. The third-order valence-electron chi connectivity index (χ3n) is 3.72. The van der Waals surface area contributed by atoms with Gasteiger partial charge in [-0.1, -0.05) is 18.2 Å². The number of benzene rings is 1. The Balaban J connectivity index is 1.70. The molecule has 3 rings (SSSR count). The van der Waals surface area contributed by atoms with Gasteiger partial charge in [-0.05, 0) is 54.3 Å². The third kappa shape index (κ3) is 4.10. The number of esters is 1. The van der Waals surface area contributed by atoms with E-state index in [0.29, 0.717) is 5.75 Å². The number of aromatic nitrogens is 3. The number of ether oxygens (including phenoxy) is 1. The van der Waals surface area contributed by atoms with Crippen LogP contribution in [-0.2, 0) is 0 Å². The molecule has 0 aliphatic heterocycles. The summed E-state index contributed by atoms with van der Waals surface area (Å²) < 4.78 is 5.14. The van der Waals surface area contributed by atoms with Crippen molar-refractivity contribution in [3.63, 3.8) is 0 Å². The lowest BCUT2D eigenvalue weighted by Crippen LogP contribution is -2.10. The summed E-state index contributed by atoms with van der Waals surface area (Å²) >= 11 is 0. The highest BCUT2D eigenvalue weighted by molar-refractivity contribution is 5.89. The summed E-state index contributed by atoms with van der Waals surface area (Å²) in [6.07, 6.45) is 9.57. The number of rotatable bonds is 4. The zero-order chi connectivity index (χ0) is 18.5. The average molecular weight is 347 g/mol. The Bertz CT molecular complexity index is 929. The largest absolute Gasteiger partial charge is 0.507 e. The summed E-state index contributed by atoms with van der Waals surface area (Å²) in [6, 6.07) is 7.18. The molecule has 26 heavy (non-hydrogen) atoms. The van der Waals surface area contributed by atoms with E-state index in [1.165, 1.54) is 18.7 Å². The van der Waals surface area contributed by atoms with Crippen LogP contribution in [0.3, 0.4) is 0 Å². The maximum atomic E-state index is 12.0. The van der Waals surface area contributed by atoms with Crippen molar-refractivity contribution in [2.45, 2.75) is 13.8 Å². The number of carbonyl (C=O) groups excluding carboxylic acids is 1. The molecule has 0 amide bonds. The minimum Gasteiger partial charge on any atom is -0.507 e. The van der Waals surface area contributed by atoms with E-state index in [1.807, 2.05) is 38.1 Å². The maximum Gasteiger partial charge on any atom is 0.362 e. The normalized spacial score (nSPS) is 10.8. The van der Waals surface area contributed by atoms with Crippen LogP contribution in [0.1, 0.15) is 32.7 Å². The van der Waals surface area contributed by atoms with Gasteiger partial charge < -0.3 is 9.84 Å². The molecule has 3 aromatic rings. The van der Waals surface area contributed by atoms with Gasteiger partial charge >= 0.3 is 5.97 Å². The fourth-order valence-corrected chi connectivity index (χ4v) is 2.40. The number of aromatic hydroxyl groups is 1. The van der Waals surface area contributed by atoms with Crippen LogP contribution in [0, 0.1) is 13.8 Å². The van der Waals surface area contributed by atoms with Crippen LogP contribution in [-0.4, -0.2) is 26.0 Å². The second kappa shape index (κ2) is 7.57. The fourth-order valence-electron chi connectivity index (χ4n) is 2.40. The SMILES string of the molecule is Cc1cc(C=Cc2ccc(C(=O)Oc3cncnc3)nc2)cc(C)c1O. The van der Waals surface area contributed by atoms with Crippen LogP contribution in [0.25, 0.3) is 12.2 Å². The van der Waals surface area contributed by atoms with Crippen molar-refractivity contribution in [3.8, 4) is 11.5 Å². The molecule has 2 heterocycles. The van der Waals surface area contributed by atoms with E-state index in [9.17, 15) is 9.90 Å². The molecule has 6 heteroatoms. The molecule has 0 aliphatic rings. The molecular formula is C20H17N3O3. The highest BCUT2D eigenvalue weighted by Crippen LogP contribution is 2.24. The summed E-state index contributed by atoms with van der Waals surface area (Å²) in [7, 11) is 0. The summed E-state index contributed by atoms with van der Waals surface area (Å²) in [6.45, 7) is 3.72. The van der Waals surface area contributed by atoms with Crippen molar-refractivity contribution in [2.24, 2.45) is 0 Å². The lowest BCUT2D eigenvalue weighted by atomic mass is 10.0. The van der Waals surface area contributed by atoms with E-state index in [-0.39, 0.29) is 11.4 Å². The van der Waals surface area contributed by atoms with Gasteiger partial charge in [0.2, 0.25) is 0 Å². The number of hydrogen-bond donors (Lipinski definition) is 1. The second-order valence-corrected chi connectivity index (χ2v) is 5.78. The van der Waals surface area contributed by atoms with Crippen LogP contribution in [0.5, 0.6) is 11.5 Å². The summed E-state index contributed by atoms with van der Waals surface area (Å²) in [4.78, 5) is 23.7. The average Bonchev–Trinajstić information content (AvgIpc) is 2.65. The van der Waals surface area contributed by atoms with Crippen molar-refractivity contribution < 1.29 is 14.6 Å². The van der Waals surface area contributed by atoms with Gasteiger partial charge in [0.15, 0.2) is 5.75 Å². The van der Waals surface area contributed by atoms with Crippen molar-refractivity contribution >= 4 is 18.1 Å². The van der Waals surface area contributed by atoms with Gasteiger partial charge in [0.05, 0.1) is 12.4 Å². The molecule has 130 valence electrons. The minimum atomic E-state index is -0.569. The van der Waals surface area contributed by atoms with Crippen LogP contribution >= 0.6 is 0 Å². The molecule has 0 unspecified atom stereocenters. The van der Waals surface area contributed by atoms with Crippen molar-refractivity contribution in [2.75, 3.05) is 0 Å². The topological polar surface area (TPSA) is 85.2 Å². The molecule has 6 nitrogen and oxygen atoms in total. The van der Waals surface area contributed by atoms with E-state index in [0.717, 1.165) is 22.3 Å². The Labute approximate surface area is 150 Å². The monoisotopic (exact) mass is 347 g/mol. The first-order valence-electron chi connectivity index (χ1n) is 7.94. The number of nitrogens with zero attached hydrogens (tertiary/aromatic N) is 3. The number of carbonyl (C=O) groups is 1. The number of hydrogen-bond acceptors (Lipinski definition) is 6. The minimum absolute atomic E-state index is 0.197. The van der Waals surface area contributed by atoms with Crippen LogP contribution in [0.4, 0.5) is 0 Å². The summed E-state index contributed by atoms with van der Waals surface area (Å²) in [5, 5.41) is 9.82. The molecule has 0 spiro atoms. The van der Waals surface area contributed by atoms with E-state index in [2.05, 4.69) is 15.0 Å². The van der Waals surface area contributed by atoms with E-state index < -0.39 is 5.97 Å². The first-order valence-corrected chi connectivity index (χ1v) is 7.94. The highest BCUT2D eigenvalue weighted by atomic mass is 16.5. The number of aryl methyl sites for hydroxylation is 2. The summed E-state index contributed by atoms with van der Waals surface area (Å²) in [5.74, 6) is 0.0111. The molecule has 0 saturated heterocycles. The molecule has 0 bridgehead atoms. The Morgan fingerprint density at radius 1 is 1.00 bits per heavy atom. The number of pyridine rings is 1. The zero-order valence-corrected chi connectivity index (χ0v) is 14.4. The quantitative estimate of drug-likeness (QED) is 0.726. The van der Waals surface area contributed by atoms with Gasteiger partial charge in [0, 0.05) is 6.20 Å². The smallest absolute Gasteiger partial charge is 0.362 e. The number of phenols is 1. The molecule has 0 fully saturated rings. The second-order valence-electron chi connectivity index (χ2n) is 5.78. The van der Waals surface area contributed by atoms with Gasteiger partial charge in [-0.25, -0.2) is 19.7 Å². The van der Waals surface area contributed by atoms with Crippen LogP contribution in [0.15, 0.2) is 49.2 Å². The van der Waals surface area contributed by atoms with Gasteiger partial charge in [-0.15, -0.1) is 0 Å². The molecule has 0 radical (unpaired) electrons. The van der Waals surface area contributed by atoms with E-state index in [4.69, 9.17) is 4.74 Å². The van der Waals surface area contributed by atoms with E-state index >= 15 is 0 Å². The maximum absolute atomic E-state index is 12.0. The lowest BCUT2D eigenvalue weighted by Gasteiger charge is -2.05. The zero-order valence-electron chi connectivity index (χ0n) is 14.4. The molecule has 1 aromatic carbocycles. The molecule has 0 aliphatic carbocycles. The first-order chi connectivity index (χ1) is 12.5. The van der Waals surface area contributed by atoms with Crippen LogP contribution in [0.2, 0.25) is 0 Å². The molecule has 0 atom stereocenters. The standard InChI is InChI=1S/C20H17N3O3/c1-13-7-16(8-14(2)19(13)24)4-3-15-5-6-18(23-9-15)20(25)26-17-10-21-12-22-11-17/h3-12,24H,1-2H3. The van der Waals surface area contributed by atoms with Gasteiger partial charge in [0.1, 0.15) is 17.8 Å². The van der Waals surface area contributed by atoms with Gasteiger partial charge in [0.25, 0.3) is 0 Å². The fraction of sp³-hybridized carbons (Fsp3) is 0.100. The van der Waals surface area contributed by atoms with Crippen LogP contribution < -0.4 is 4.74 Å². The van der Waals surface area contributed by atoms with Crippen molar-refractivity contribution in [1.82, 2.24) is 15.0 Å². The Morgan fingerprint density at radius 3 is 2.27 bits per heavy atom. The molecule has 1 N–H and O–H groups in total. The Morgan fingerprint density at radius 2 is 1.65 bits per heavy atom. The molecular weight excluding hydrogens is 330 g/mol. The van der Waals surface area contributed by atoms with E-state index in [1.54, 1.807) is 18.3 Å². The number of phenolic OH excluding ortho intramolecular Hbond substituents is 1. The summed E-state index contributed by atoms with van der Waals surface area (Å²) in [5.41, 5.74) is 3.66. The lowest BCUT2D eigenvalue weighted by molar-refractivity contribution is 0.0727. The van der Waals surface area contributed by atoms with Gasteiger partial charge in [-0.2, -0.15) is 0 Å². The Kier molecular flexibility index (Phi) is 5.03. The Hall–Kier alpha value is -3.54. The molecule has 0 saturated carbocycles. The third-order valence-corrected chi connectivity index (χ3v) is 3.72.